The first-order valence-corrected chi connectivity index (χ1v) is 6.28. The topological polar surface area (TPSA) is 59.0 Å². The normalized spacial score (nSPS) is 21.9. The van der Waals surface area contributed by atoms with Crippen LogP contribution in [0.2, 0.25) is 0 Å². The number of rotatable bonds is 4. The van der Waals surface area contributed by atoms with Crippen molar-refractivity contribution in [2.75, 3.05) is 13.1 Å². The first-order chi connectivity index (χ1) is 8.25. The fourth-order valence-corrected chi connectivity index (χ4v) is 2.13. The summed E-state index contributed by atoms with van der Waals surface area (Å²) in [6, 6.07) is 0.260. The average molecular weight is 234 g/mol. The molecule has 1 aromatic heterocycles. The van der Waals surface area contributed by atoms with Crippen LogP contribution in [0.4, 0.5) is 0 Å². The SMILES string of the molecule is CC(C(=O)NC1CC1)n1cncc1C1CNC1. The second kappa shape index (κ2) is 4.14. The Morgan fingerprint density at radius 3 is 2.94 bits per heavy atom. The lowest BCUT2D eigenvalue weighted by Gasteiger charge is -2.29. The van der Waals surface area contributed by atoms with Gasteiger partial charge in [-0.25, -0.2) is 4.98 Å². The maximum atomic E-state index is 12.0. The third-order valence-corrected chi connectivity index (χ3v) is 3.62. The number of carbonyl (C=O) groups is 1. The molecule has 2 fully saturated rings. The summed E-state index contributed by atoms with van der Waals surface area (Å²) < 4.78 is 2.00. The third-order valence-electron chi connectivity index (χ3n) is 3.62. The zero-order valence-corrected chi connectivity index (χ0v) is 10.0. The van der Waals surface area contributed by atoms with Gasteiger partial charge in [-0.1, -0.05) is 0 Å². The minimum absolute atomic E-state index is 0.110. The van der Waals surface area contributed by atoms with Gasteiger partial charge in [0.25, 0.3) is 0 Å². The van der Waals surface area contributed by atoms with Gasteiger partial charge in [-0.3, -0.25) is 4.79 Å². The van der Waals surface area contributed by atoms with E-state index in [1.807, 2.05) is 17.7 Å². The van der Waals surface area contributed by atoms with E-state index in [2.05, 4.69) is 15.6 Å². The van der Waals surface area contributed by atoms with Crippen molar-refractivity contribution in [3.05, 3.63) is 18.2 Å². The highest BCUT2D eigenvalue weighted by Gasteiger charge is 2.29. The summed E-state index contributed by atoms with van der Waals surface area (Å²) in [4.78, 5) is 16.2. The van der Waals surface area contributed by atoms with Crippen LogP contribution >= 0.6 is 0 Å². The summed E-state index contributed by atoms with van der Waals surface area (Å²) in [5, 5.41) is 6.29. The summed E-state index contributed by atoms with van der Waals surface area (Å²) in [6.45, 7) is 3.92. The molecule has 2 N–H and O–H groups in total. The van der Waals surface area contributed by atoms with Gasteiger partial charge in [0, 0.05) is 36.9 Å². The van der Waals surface area contributed by atoms with Gasteiger partial charge in [0.15, 0.2) is 0 Å². The standard InChI is InChI=1S/C12H18N4O/c1-8(12(17)15-10-2-3-10)16-7-14-6-11(16)9-4-13-5-9/h6-10,13H,2-5H2,1H3,(H,15,17). The lowest BCUT2D eigenvalue weighted by Crippen LogP contribution is -2.42. The van der Waals surface area contributed by atoms with Crippen LogP contribution in [0.15, 0.2) is 12.5 Å². The van der Waals surface area contributed by atoms with E-state index < -0.39 is 0 Å². The van der Waals surface area contributed by atoms with Crippen LogP contribution in [0.1, 0.15) is 37.4 Å². The molecule has 2 aliphatic rings. The van der Waals surface area contributed by atoms with E-state index >= 15 is 0 Å². The van der Waals surface area contributed by atoms with Crippen molar-refractivity contribution in [1.82, 2.24) is 20.2 Å². The molecule has 0 radical (unpaired) electrons. The number of hydrogen-bond donors (Lipinski definition) is 2. The van der Waals surface area contributed by atoms with Crippen molar-refractivity contribution in [2.45, 2.75) is 37.8 Å². The Morgan fingerprint density at radius 2 is 2.35 bits per heavy atom. The Labute approximate surface area is 101 Å². The fourth-order valence-electron chi connectivity index (χ4n) is 2.13. The molecular formula is C12H18N4O. The van der Waals surface area contributed by atoms with Gasteiger partial charge in [-0.2, -0.15) is 0 Å². The molecule has 1 saturated heterocycles. The van der Waals surface area contributed by atoms with Crippen LogP contribution in [0.5, 0.6) is 0 Å². The van der Waals surface area contributed by atoms with Gasteiger partial charge in [0.2, 0.25) is 5.91 Å². The molecule has 1 atom stereocenters. The molecule has 0 spiro atoms. The first kappa shape index (κ1) is 10.8. The molecule has 0 bridgehead atoms. The molecule has 1 saturated carbocycles. The molecule has 1 amide bonds. The highest BCUT2D eigenvalue weighted by Crippen LogP contribution is 2.24. The van der Waals surface area contributed by atoms with Crippen molar-refractivity contribution >= 4 is 5.91 Å². The number of amides is 1. The minimum Gasteiger partial charge on any atom is -0.352 e. The number of nitrogens with zero attached hydrogens (tertiary/aromatic N) is 2. The van der Waals surface area contributed by atoms with Crippen LogP contribution in [0.25, 0.3) is 0 Å². The zero-order chi connectivity index (χ0) is 11.8. The van der Waals surface area contributed by atoms with Gasteiger partial charge >= 0.3 is 0 Å². The predicted octanol–water partition coefficient (Wildman–Crippen LogP) is 0.409. The average Bonchev–Trinajstić information content (AvgIpc) is 2.92. The van der Waals surface area contributed by atoms with Gasteiger partial charge in [-0.05, 0) is 19.8 Å². The maximum absolute atomic E-state index is 12.0. The van der Waals surface area contributed by atoms with Crippen molar-refractivity contribution < 1.29 is 4.79 Å². The van der Waals surface area contributed by atoms with Gasteiger partial charge < -0.3 is 15.2 Å². The van der Waals surface area contributed by atoms with Crippen LogP contribution in [0, 0.1) is 0 Å². The summed E-state index contributed by atoms with van der Waals surface area (Å²) in [6.07, 6.45) is 5.90. The van der Waals surface area contributed by atoms with E-state index in [-0.39, 0.29) is 11.9 Å². The molecular weight excluding hydrogens is 216 g/mol. The molecule has 5 nitrogen and oxygen atoms in total. The van der Waals surface area contributed by atoms with Gasteiger partial charge in [0.1, 0.15) is 6.04 Å². The Hall–Kier alpha value is -1.36. The van der Waals surface area contributed by atoms with Crippen molar-refractivity contribution in [3.63, 3.8) is 0 Å². The lowest BCUT2D eigenvalue weighted by atomic mass is 9.99. The molecule has 1 aliphatic carbocycles. The fraction of sp³-hybridized carbons (Fsp3) is 0.667. The largest absolute Gasteiger partial charge is 0.352 e. The summed E-state index contributed by atoms with van der Waals surface area (Å²) in [7, 11) is 0. The molecule has 17 heavy (non-hydrogen) atoms. The number of imidazole rings is 1. The number of carbonyl (C=O) groups excluding carboxylic acids is 1. The molecule has 1 aromatic rings. The summed E-state index contributed by atoms with van der Waals surface area (Å²) in [5.41, 5.74) is 1.17. The molecule has 92 valence electrons. The van der Waals surface area contributed by atoms with E-state index in [0.717, 1.165) is 25.9 Å². The van der Waals surface area contributed by atoms with Crippen LogP contribution < -0.4 is 10.6 Å². The van der Waals surface area contributed by atoms with E-state index in [4.69, 9.17) is 0 Å². The quantitative estimate of drug-likeness (QED) is 0.793. The van der Waals surface area contributed by atoms with Crippen molar-refractivity contribution in [2.24, 2.45) is 0 Å². The second-order valence-electron chi connectivity index (χ2n) is 5.04. The number of nitrogens with one attached hydrogen (secondary N) is 2. The van der Waals surface area contributed by atoms with E-state index in [1.165, 1.54) is 5.69 Å². The van der Waals surface area contributed by atoms with Crippen molar-refractivity contribution in [3.8, 4) is 0 Å². The van der Waals surface area contributed by atoms with Crippen LogP contribution in [0.3, 0.4) is 0 Å². The lowest BCUT2D eigenvalue weighted by molar-refractivity contribution is -0.124. The van der Waals surface area contributed by atoms with E-state index in [9.17, 15) is 4.79 Å². The molecule has 2 heterocycles. The Balaban J connectivity index is 1.72. The summed E-state index contributed by atoms with van der Waals surface area (Å²) >= 11 is 0. The smallest absolute Gasteiger partial charge is 0.243 e. The highest BCUT2D eigenvalue weighted by atomic mass is 16.2. The van der Waals surface area contributed by atoms with Crippen LogP contribution in [-0.4, -0.2) is 34.6 Å². The first-order valence-electron chi connectivity index (χ1n) is 6.28. The van der Waals surface area contributed by atoms with Crippen molar-refractivity contribution in [1.29, 1.82) is 0 Å². The zero-order valence-electron chi connectivity index (χ0n) is 10.0. The predicted molar refractivity (Wildman–Crippen MR) is 63.7 cm³/mol. The van der Waals surface area contributed by atoms with E-state index in [1.54, 1.807) is 6.33 Å². The molecule has 0 aromatic carbocycles. The molecule has 3 rings (SSSR count). The Bertz CT molecular complexity index is 420. The molecule has 5 heteroatoms. The number of aromatic nitrogens is 2. The second-order valence-corrected chi connectivity index (χ2v) is 5.04. The van der Waals surface area contributed by atoms with E-state index in [0.29, 0.717) is 12.0 Å². The van der Waals surface area contributed by atoms with Gasteiger partial charge in [-0.15, -0.1) is 0 Å². The summed E-state index contributed by atoms with van der Waals surface area (Å²) in [5.74, 6) is 0.618. The number of hydrogen-bond acceptors (Lipinski definition) is 3. The van der Waals surface area contributed by atoms with Gasteiger partial charge in [0.05, 0.1) is 6.33 Å². The highest BCUT2D eigenvalue weighted by molar-refractivity contribution is 5.80. The molecule has 1 aliphatic heterocycles. The Morgan fingerprint density at radius 1 is 1.59 bits per heavy atom. The maximum Gasteiger partial charge on any atom is 0.243 e. The minimum atomic E-state index is -0.159. The Kier molecular flexibility index (Phi) is 2.63. The monoisotopic (exact) mass is 234 g/mol. The van der Waals surface area contributed by atoms with Crippen LogP contribution in [-0.2, 0) is 4.79 Å². The third kappa shape index (κ3) is 2.07. The molecule has 1 unspecified atom stereocenters.